The minimum Gasteiger partial charge on any atom is -0.456 e. The first-order valence-corrected chi connectivity index (χ1v) is 6.67. The molecule has 0 saturated carbocycles. The van der Waals surface area contributed by atoms with Gasteiger partial charge in [-0.25, -0.2) is 0 Å². The summed E-state index contributed by atoms with van der Waals surface area (Å²) in [5.74, 6) is -1.04. The Labute approximate surface area is 119 Å². The quantitative estimate of drug-likeness (QED) is 0.470. The van der Waals surface area contributed by atoms with Crippen LogP contribution >= 0.6 is 15.9 Å². The van der Waals surface area contributed by atoms with Gasteiger partial charge in [-0.1, -0.05) is 28.1 Å². The van der Waals surface area contributed by atoms with Gasteiger partial charge in [0.15, 0.2) is 12.4 Å². The summed E-state index contributed by atoms with van der Waals surface area (Å²) in [4.78, 5) is 35.6. The molecule has 102 valence electrons. The number of ether oxygens (including phenoxy) is 1. The molecule has 0 aliphatic carbocycles. The third-order valence-electron chi connectivity index (χ3n) is 2.46. The Hall–Kier alpha value is -1.69. The Kier molecular flexibility index (Phi) is 5.69. The third-order valence-corrected chi connectivity index (χ3v) is 2.97. The summed E-state index contributed by atoms with van der Waals surface area (Å²) in [5, 5.41) is 0.177. The van der Waals surface area contributed by atoms with Gasteiger partial charge in [0.1, 0.15) is 0 Å². The molecule has 0 unspecified atom stereocenters. The zero-order valence-electron chi connectivity index (χ0n) is 10.7. The lowest BCUT2D eigenvalue weighted by Crippen LogP contribution is -2.32. The molecule has 0 atom stereocenters. The average molecular weight is 328 g/mol. The van der Waals surface area contributed by atoms with Gasteiger partial charge in [-0.15, -0.1) is 0 Å². The van der Waals surface area contributed by atoms with Crippen molar-refractivity contribution in [2.75, 3.05) is 23.9 Å². The van der Waals surface area contributed by atoms with Crippen LogP contribution in [0.2, 0.25) is 0 Å². The van der Waals surface area contributed by atoms with E-state index in [-0.39, 0.29) is 17.7 Å². The van der Waals surface area contributed by atoms with Crippen LogP contribution in [0.4, 0.5) is 5.69 Å². The monoisotopic (exact) mass is 327 g/mol. The molecule has 1 rings (SSSR count). The summed E-state index contributed by atoms with van der Waals surface area (Å²) < 4.78 is 4.65. The van der Waals surface area contributed by atoms with E-state index < -0.39 is 11.9 Å². The number of rotatable bonds is 5. The molecule has 1 amide bonds. The number of amides is 1. The van der Waals surface area contributed by atoms with Gasteiger partial charge in [-0.05, 0) is 12.1 Å². The van der Waals surface area contributed by atoms with Crippen molar-refractivity contribution in [3.8, 4) is 0 Å². The SMILES string of the molecule is CC(=O)OCC(=O)N(C)c1ccccc1C(=O)CBr. The van der Waals surface area contributed by atoms with Crippen molar-refractivity contribution in [2.45, 2.75) is 6.92 Å². The molecular weight excluding hydrogens is 314 g/mol. The maximum atomic E-state index is 11.8. The molecule has 5 nitrogen and oxygen atoms in total. The van der Waals surface area contributed by atoms with Crippen molar-refractivity contribution in [2.24, 2.45) is 0 Å². The van der Waals surface area contributed by atoms with Crippen molar-refractivity contribution in [1.82, 2.24) is 0 Å². The molecular formula is C13H14BrNO4. The number of esters is 1. The summed E-state index contributed by atoms with van der Waals surface area (Å²) in [6, 6.07) is 6.77. The maximum Gasteiger partial charge on any atom is 0.303 e. The fourth-order valence-corrected chi connectivity index (χ4v) is 1.77. The van der Waals surface area contributed by atoms with Crippen molar-refractivity contribution >= 4 is 39.3 Å². The zero-order chi connectivity index (χ0) is 14.4. The van der Waals surface area contributed by atoms with E-state index in [1.165, 1.54) is 18.9 Å². The molecule has 6 heteroatoms. The molecule has 0 aromatic heterocycles. The Bertz CT molecular complexity index is 501. The van der Waals surface area contributed by atoms with E-state index in [0.717, 1.165) is 0 Å². The second-order valence-corrected chi connectivity index (χ2v) is 4.37. The third kappa shape index (κ3) is 4.17. The van der Waals surface area contributed by atoms with Crippen LogP contribution in [-0.2, 0) is 14.3 Å². The summed E-state index contributed by atoms with van der Waals surface area (Å²) >= 11 is 3.10. The van der Waals surface area contributed by atoms with Crippen molar-refractivity contribution in [3.05, 3.63) is 29.8 Å². The Morgan fingerprint density at radius 1 is 1.26 bits per heavy atom. The van der Waals surface area contributed by atoms with Crippen molar-refractivity contribution in [1.29, 1.82) is 0 Å². The van der Waals surface area contributed by atoms with Gasteiger partial charge in [0, 0.05) is 19.5 Å². The molecule has 0 bridgehead atoms. The number of halogens is 1. The number of benzene rings is 1. The first kappa shape index (κ1) is 15.4. The number of nitrogens with zero attached hydrogens (tertiary/aromatic N) is 1. The highest BCUT2D eigenvalue weighted by atomic mass is 79.9. The lowest BCUT2D eigenvalue weighted by atomic mass is 10.1. The van der Waals surface area contributed by atoms with Gasteiger partial charge in [0.2, 0.25) is 0 Å². The standard InChI is InChI=1S/C13H14BrNO4/c1-9(16)19-8-13(18)15(2)11-6-4-3-5-10(11)12(17)7-14/h3-6H,7-8H2,1-2H3. The van der Waals surface area contributed by atoms with Gasteiger partial charge in [0.25, 0.3) is 5.91 Å². The van der Waals surface area contributed by atoms with Crippen LogP contribution in [0.5, 0.6) is 0 Å². The largest absolute Gasteiger partial charge is 0.456 e. The summed E-state index contributed by atoms with van der Waals surface area (Å²) in [5.41, 5.74) is 0.933. The predicted molar refractivity (Wildman–Crippen MR) is 74.6 cm³/mol. The molecule has 0 aliphatic rings. The van der Waals surface area contributed by atoms with E-state index in [1.807, 2.05) is 0 Å². The maximum absolute atomic E-state index is 11.8. The van der Waals surface area contributed by atoms with E-state index in [1.54, 1.807) is 24.3 Å². The summed E-state index contributed by atoms with van der Waals surface area (Å²) in [6.07, 6.45) is 0. The van der Waals surface area contributed by atoms with Crippen molar-refractivity contribution in [3.63, 3.8) is 0 Å². The van der Waals surface area contributed by atoms with Crippen LogP contribution in [0, 0.1) is 0 Å². The minimum absolute atomic E-state index is 0.122. The van der Waals surface area contributed by atoms with Gasteiger partial charge < -0.3 is 9.64 Å². The van der Waals surface area contributed by atoms with Gasteiger partial charge in [0.05, 0.1) is 11.0 Å². The average Bonchev–Trinajstić information content (AvgIpc) is 2.42. The fraction of sp³-hybridized carbons (Fsp3) is 0.308. The van der Waals surface area contributed by atoms with Gasteiger partial charge in [-0.3, -0.25) is 14.4 Å². The number of para-hydroxylation sites is 1. The molecule has 0 fully saturated rings. The van der Waals surface area contributed by atoms with E-state index >= 15 is 0 Å². The highest BCUT2D eigenvalue weighted by Crippen LogP contribution is 2.20. The number of Topliss-reactive ketones (excluding diaryl/α,β-unsaturated/α-hetero) is 1. The van der Waals surface area contributed by atoms with Crippen LogP contribution < -0.4 is 4.90 Å². The number of ketones is 1. The molecule has 0 heterocycles. The van der Waals surface area contributed by atoms with Gasteiger partial charge in [-0.2, -0.15) is 0 Å². The van der Waals surface area contributed by atoms with Gasteiger partial charge >= 0.3 is 5.97 Å². The minimum atomic E-state index is -0.522. The highest BCUT2D eigenvalue weighted by molar-refractivity contribution is 9.09. The molecule has 0 radical (unpaired) electrons. The van der Waals surface area contributed by atoms with Crippen molar-refractivity contribution < 1.29 is 19.1 Å². The number of carbonyl (C=O) groups is 3. The molecule has 1 aromatic rings. The number of likely N-dealkylation sites (N-methyl/N-ethyl adjacent to an activating group) is 1. The lowest BCUT2D eigenvalue weighted by Gasteiger charge is -2.19. The van der Waals surface area contributed by atoms with E-state index in [2.05, 4.69) is 20.7 Å². The van der Waals surface area contributed by atoms with Crippen LogP contribution in [0.25, 0.3) is 0 Å². The fourth-order valence-electron chi connectivity index (χ4n) is 1.47. The predicted octanol–water partition coefficient (Wildman–Crippen LogP) is 1.79. The molecule has 0 aliphatic heterocycles. The Morgan fingerprint density at radius 3 is 2.47 bits per heavy atom. The molecule has 19 heavy (non-hydrogen) atoms. The second kappa shape index (κ2) is 7.04. The summed E-state index contributed by atoms with van der Waals surface area (Å²) in [6.45, 7) is 0.887. The molecule has 1 aromatic carbocycles. The summed E-state index contributed by atoms with van der Waals surface area (Å²) in [7, 11) is 1.53. The number of hydrogen-bond donors (Lipinski definition) is 0. The van der Waals surface area contributed by atoms with E-state index in [9.17, 15) is 14.4 Å². The highest BCUT2D eigenvalue weighted by Gasteiger charge is 2.18. The van der Waals surface area contributed by atoms with Crippen LogP contribution in [0.1, 0.15) is 17.3 Å². The number of anilines is 1. The number of hydrogen-bond acceptors (Lipinski definition) is 4. The number of carbonyl (C=O) groups excluding carboxylic acids is 3. The molecule has 0 N–H and O–H groups in total. The lowest BCUT2D eigenvalue weighted by molar-refractivity contribution is -0.145. The normalized spacial score (nSPS) is 9.84. The second-order valence-electron chi connectivity index (χ2n) is 3.81. The van der Waals surface area contributed by atoms with Crippen LogP contribution in [-0.4, -0.2) is 36.6 Å². The van der Waals surface area contributed by atoms with Crippen LogP contribution in [0.3, 0.4) is 0 Å². The first-order chi connectivity index (χ1) is 8.97. The Morgan fingerprint density at radius 2 is 1.89 bits per heavy atom. The van der Waals surface area contributed by atoms with E-state index in [4.69, 9.17) is 0 Å². The topological polar surface area (TPSA) is 63.7 Å². The Balaban J connectivity index is 2.93. The zero-order valence-corrected chi connectivity index (χ0v) is 12.3. The van der Waals surface area contributed by atoms with E-state index in [0.29, 0.717) is 11.3 Å². The first-order valence-electron chi connectivity index (χ1n) is 5.55. The molecule has 0 saturated heterocycles. The molecule has 0 spiro atoms. The smallest absolute Gasteiger partial charge is 0.303 e. The number of alkyl halides is 1. The van der Waals surface area contributed by atoms with Crippen LogP contribution in [0.15, 0.2) is 24.3 Å².